The second-order valence-electron chi connectivity index (χ2n) is 4.95. The highest BCUT2D eigenvalue weighted by atomic mass is 32.1. The van der Waals surface area contributed by atoms with Gasteiger partial charge in [0.25, 0.3) is 0 Å². The number of rotatable bonds is 8. The van der Waals surface area contributed by atoms with Gasteiger partial charge >= 0.3 is 0 Å². The first-order chi connectivity index (χ1) is 10.3. The fraction of sp³-hybridized carbons (Fsp3) is 0.471. The van der Waals surface area contributed by atoms with Gasteiger partial charge in [-0.3, -0.25) is 0 Å². The van der Waals surface area contributed by atoms with Crippen LogP contribution in [-0.2, 0) is 11.3 Å². The van der Waals surface area contributed by atoms with Crippen LogP contribution in [0.1, 0.15) is 42.7 Å². The molecule has 114 valence electrons. The molecule has 1 aromatic heterocycles. The number of aromatic nitrogens is 1. The Hall–Kier alpha value is -1.23. The molecule has 0 aliphatic heterocycles. The molecular formula is C17H24N2OS. The van der Waals surface area contributed by atoms with Gasteiger partial charge in [0.05, 0.1) is 5.69 Å². The van der Waals surface area contributed by atoms with E-state index in [-0.39, 0.29) is 6.10 Å². The zero-order chi connectivity index (χ0) is 15.1. The average Bonchev–Trinajstić information content (AvgIpc) is 2.92. The predicted octanol–water partition coefficient (Wildman–Crippen LogP) is 4.41. The largest absolute Gasteiger partial charge is 0.371 e. The maximum atomic E-state index is 5.88. The van der Waals surface area contributed by atoms with Crippen molar-refractivity contribution in [3.8, 4) is 11.3 Å². The third-order valence-electron chi connectivity index (χ3n) is 3.29. The van der Waals surface area contributed by atoms with Crippen molar-refractivity contribution in [3.63, 3.8) is 0 Å². The molecule has 2 rings (SSSR count). The van der Waals surface area contributed by atoms with E-state index in [4.69, 9.17) is 9.72 Å². The Morgan fingerprint density at radius 3 is 2.62 bits per heavy atom. The molecule has 0 saturated heterocycles. The summed E-state index contributed by atoms with van der Waals surface area (Å²) in [6.45, 7) is 5.80. The molecule has 1 aromatic carbocycles. The van der Waals surface area contributed by atoms with Gasteiger partial charge in [0.2, 0.25) is 0 Å². The van der Waals surface area contributed by atoms with Gasteiger partial charge in [-0.05, 0) is 20.4 Å². The van der Waals surface area contributed by atoms with Crippen molar-refractivity contribution in [2.45, 2.75) is 39.3 Å². The van der Waals surface area contributed by atoms with E-state index in [9.17, 15) is 0 Å². The van der Waals surface area contributed by atoms with Crippen LogP contribution in [0.3, 0.4) is 0 Å². The van der Waals surface area contributed by atoms with Crippen molar-refractivity contribution in [2.75, 3.05) is 13.7 Å². The highest BCUT2D eigenvalue weighted by Gasteiger charge is 2.19. The van der Waals surface area contributed by atoms with E-state index in [0.29, 0.717) is 0 Å². The fourth-order valence-electron chi connectivity index (χ4n) is 2.35. The number of hydrogen-bond acceptors (Lipinski definition) is 4. The molecule has 0 amide bonds. The lowest BCUT2D eigenvalue weighted by Crippen LogP contribution is -2.04. The zero-order valence-electron chi connectivity index (χ0n) is 13.1. The number of ether oxygens (including phenoxy) is 1. The first-order valence-corrected chi connectivity index (χ1v) is 8.43. The van der Waals surface area contributed by atoms with Gasteiger partial charge < -0.3 is 10.1 Å². The summed E-state index contributed by atoms with van der Waals surface area (Å²) < 4.78 is 5.88. The Bertz CT molecular complexity index is 533. The maximum absolute atomic E-state index is 5.88. The summed E-state index contributed by atoms with van der Waals surface area (Å²) >= 11 is 1.77. The van der Waals surface area contributed by atoms with E-state index in [0.717, 1.165) is 36.7 Å². The van der Waals surface area contributed by atoms with Crippen molar-refractivity contribution < 1.29 is 4.74 Å². The molecule has 1 N–H and O–H groups in total. The van der Waals surface area contributed by atoms with E-state index >= 15 is 0 Å². The fourth-order valence-corrected chi connectivity index (χ4v) is 3.53. The molecule has 0 radical (unpaired) electrons. The molecule has 2 aromatic rings. The molecule has 0 bridgehead atoms. The third-order valence-corrected chi connectivity index (χ3v) is 4.44. The molecule has 0 fully saturated rings. The van der Waals surface area contributed by atoms with Crippen LogP contribution in [0.2, 0.25) is 0 Å². The Kier molecular flexibility index (Phi) is 6.36. The van der Waals surface area contributed by atoms with Crippen molar-refractivity contribution >= 4 is 11.3 Å². The van der Waals surface area contributed by atoms with E-state index in [1.54, 1.807) is 11.3 Å². The van der Waals surface area contributed by atoms with Crippen molar-refractivity contribution in [2.24, 2.45) is 0 Å². The van der Waals surface area contributed by atoms with Crippen LogP contribution in [0.25, 0.3) is 11.3 Å². The molecule has 4 heteroatoms. The lowest BCUT2D eigenvalue weighted by molar-refractivity contribution is 0.0555. The topological polar surface area (TPSA) is 34.1 Å². The van der Waals surface area contributed by atoms with Crippen LogP contribution in [0.4, 0.5) is 0 Å². The minimum Gasteiger partial charge on any atom is -0.371 e. The summed E-state index contributed by atoms with van der Waals surface area (Å²) in [6.07, 6.45) is 2.25. The number of benzene rings is 1. The third kappa shape index (κ3) is 4.13. The number of thiazole rings is 1. The van der Waals surface area contributed by atoms with Gasteiger partial charge in [0, 0.05) is 23.6 Å². The Morgan fingerprint density at radius 1 is 1.24 bits per heavy atom. The van der Waals surface area contributed by atoms with Gasteiger partial charge in [0.15, 0.2) is 0 Å². The molecule has 0 aliphatic carbocycles. The molecule has 1 heterocycles. The van der Waals surface area contributed by atoms with Crippen LogP contribution >= 0.6 is 11.3 Å². The van der Waals surface area contributed by atoms with Gasteiger partial charge in [-0.25, -0.2) is 4.98 Å². The monoisotopic (exact) mass is 304 g/mol. The standard InChI is InChI=1S/C17H24N2OS/c1-4-9-14(20-5-2)17-19-16(15(21-17)12-18-3)13-10-7-6-8-11-13/h6-8,10-11,14,18H,4-5,9,12H2,1-3H3. The minimum atomic E-state index is 0.123. The number of hydrogen-bond donors (Lipinski definition) is 1. The summed E-state index contributed by atoms with van der Waals surface area (Å²) in [5.74, 6) is 0. The zero-order valence-corrected chi connectivity index (χ0v) is 13.9. The summed E-state index contributed by atoms with van der Waals surface area (Å²) in [5.41, 5.74) is 2.27. The van der Waals surface area contributed by atoms with Gasteiger partial charge in [-0.2, -0.15) is 0 Å². The van der Waals surface area contributed by atoms with Crippen LogP contribution in [-0.4, -0.2) is 18.6 Å². The number of nitrogens with zero attached hydrogens (tertiary/aromatic N) is 1. The molecule has 1 atom stereocenters. The molecule has 0 saturated carbocycles. The molecule has 3 nitrogen and oxygen atoms in total. The maximum Gasteiger partial charge on any atom is 0.123 e. The summed E-state index contributed by atoms with van der Waals surface area (Å²) in [4.78, 5) is 6.17. The minimum absolute atomic E-state index is 0.123. The van der Waals surface area contributed by atoms with Crippen LogP contribution < -0.4 is 5.32 Å². The molecule has 0 spiro atoms. The molecule has 0 aliphatic rings. The lowest BCUT2D eigenvalue weighted by atomic mass is 10.1. The normalized spacial score (nSPS) is 12.5. The number of nitrogens with one attached hydrogen (secondary N) is 1. The highest BCUT2D eigenvalue weighted by Crippen LogP contribution is 2.34. The second kappa shape index (κ2) is 8.27. The Labute approximate surface area is 131 Å². The Morgan fingerprint density at radius 2 is 2.00 bits per heavy atom. The Balaban J connectivity index is 2.36. The molecule has 1 unspecified atom stereocenters. The smallest absolute Gasteiger partial charge is 0.123 e. The lowest BCUT2D eigenvalue weighted by Gasteiger charge is -2.12. The van der Waals surface area contributed by atoms with Crippen molar-refractivity contribution in [3.05, 3.63) is 40.2 Å². The van der Waals surface area contributed by atoms with Gasteiger partial charge in [-0.1, -0.05) is 43.7 Å². The summed E-state index contributed by atoms with van der Waals surface area (Å²) in [6, 6.07) is 10.4. The van der Waals surface area contributed by atoms with E-state index in [1.807, 2.05) is 20.0 Å². The van der Waals surface area contributed by atoms with E-state index in [2.05, 4.69) is 36.5 Å². The highest BCUT2D eigenvalue weighted by molar-refractivity contribution is 7.12. The van der Waals surface area contributed by atoms with E-state index < -0.39 is 0 Å². The van der Waals surface area contributed by atoms with Crippen molar-refractivity contribution in [1.29, 1.82) is 0 Å². The second-order valence-corrected chi connectivity index (χ2v) is 6.07. The SMILES string of the molecule is CCCC(OCC)c1nc(-c2ccccc2)c(CNC)s1. The van der Waals surface area contributed by atoms with Crippen LogP contribution in [0.15, 0.2) is 30.3 Å². The average molecular weight is 304 g/mol. The van der Waals surface area contributed by atoms with Crippen LogP contribution in [0.5, 0.6) is 0 Å². The first-order valence-electron chi connectivity index (χ1n) is 7.61. The first kappa shape index (κ1) is 16.1. The molecular weight excluding hydrogens is 280 g/mol. The van der Waals surface area contributed by atoms with Gasteiger partial charge in [-0.15, -0.1) is 11.3 Å². The van der Waals surface area contributed by atoms with Crippen LogP contribution in [0, 0.1) is 0 Å². The predicted molar refractivity (Wildman–Crippen MR) is 89.6 cm³/mol. The molecule has 21 heavy (non-hydrogen) atoms. The van der Waals surface area contributed by atoms with Gasteiger partial charge in [0.1, 0.15) is 11.1 Å². The summed E-state index contributed by atoms with van der Waals surface area (Å²) in [7, 11) is 1.97. The quantitative estimate of drug-likeness (QED) is 0.784. The summed E-state index contributed by atoms with van der Waals surface area (Å²) in [5, 5.41) is 4.34. The van der Waals surface area contributed by atoms with Crippen molar-refractivity contribution in [1.82, 2.24) is 10.3 Å². The van der Waals surface area contributed by atoms with E-state index in [1.165, 1.54) is 10.4 Å².